The van der Waals surface area contributed by atoms with Gasteiger partial charge in [0, 0.05) is 17.3 Å². The van der Waals surface area contributed by atoms with Gasteiger partial charge in [0.05, 0.1) is 12.2 Å². The Hall–Kier alpha value is -1.97. The van der Waals surface area contributed by atoms with E-state index in [1.54, 1.807) is 6.20 Å². The number of rotatable bonds is 2. The van der Waals surface area contributed by atoms with E-state index in [-0.39, 0.29) is 18.4 Å². The molecule has 1 aliphatic heterocycles. The van der Waals surface area contributed by atoms with Crippen molar-refractivity contribution >= 4 is 11.8 Å². The Bertz CT molecular complexity index is 588. The molecule has 4 heteroatoms. The Morgan fingerprint density at radius 1 is 0.792 bits per heavy atom. The van der Waals surface area contributed by atoms with Gasteiger partial charge in [0.25, 0.3) is 11.8 Å². The molecule has 1 aromatic rings. The first kappa shape index (κ1) is 16.9. The van der Waals surface area contributed by atoms with Crippen LogP contribution in [0.1, 0.15) is 69.9 Å². The molecule has 1 aliphatic carbocycles. The fraction of sp³-hybridized carbons (Fsp3) is 0.550. The molecular weight excluding hydrogens is 300 g/mol. The largest absolute Gasteiger partial charge is 0.269 e. The normalized spacial score (nSPS) is 20.6. The lowest BCUT2D eigenvalue weighted by atomic mass is 9.96. The van der Waals surface area contributed by atoms with Crippen LogP contribution in [0.15, 0.2) is 35.5 Å². The highest BCUT2D eigenvalue weighted by Crippen LogP contribution is 2.30. The average molecular weight is 326 g/mol. The van der Waals surface area contributed by atoms with Gasteiger partial charge in [-0.15, -0.1) is 0 Å². The fourth-order valence-electron chi connectivity index (χ4n) is 3.65. The molecule has 2 aliphatic rings. The Labute approximate surface area is 144 Å². The van der Waals surface area contributed by atoms with Crippen molar-refractivity contribution < 1.29 is 9.59 Å². The highest BCUT2D eigenvalue weighted by atomic mass is 16.2. The highest BCUT2D eigenvalue weighted by molar-refractivity contribution is 6.19. The summed E-state index contributed by atoms with van der Waals surface area (Å²) in [5.41, 5.74) is 2.31. The molecule has 0 unspecified atom stereocenters. The lowest BCUT2D eigenvalue weighted by Crippen LogP contribution is -2.31. The van der Waals surface area contributed by atoms with Gasteiger partial charge in [0.15, 0.2) is 0 Å². The first-order valence-electron chi connectivity index (χ1n) is 9.25. The van der Waals surface area contributed by atoms with E-state index in [1.807, 2.05) is 18.2 Å². The topological polar surface area (TPSA) is 50.3 Å². The molecule has 128 valence electrons. The van der Waals surface area contributed by atoms with E-state index >= 15 is 0 Å². The molecule has 0 saturated carbocycles. The maximum Gasteiger partial charge on any atom is 0.257 e. The Morgan fingerprint density at radius 2 is 1.33 bits per heavy atom. The molecule has 1 aromatic heterocycles. The van der Waals surface area contributed by atoms with Crippen molar-refractivity contribution in [2.24, 2.45) is 0 Å². The second-order valence-corrected chi connectivity index (χ2v) is 6.80. The second kappa shape index (κ2) is 8.22. The molecule has 2 amide bonds. The van der Waals surface area contributed by atoms with E-state index in [1.165, 1.54) is 30.6 Å². The molecular formula is C20H26N2O2. The van der Waals surface area contributed by atoms with Crippen molar-refractivity contribution in [1.29, 1.82) is 0 Å². The van der Waals surface area contributed by atoms with Crippen LogP contribution in [0, 0.1) is 0 Å². The average Bonchev–Trinajstić information content (AvgIpc) is 2.80. The minimum Gasteiger partial charge on any atom is -0.269 e. The maximum atomic E-state index is 12.8. The summed E-state index contributed by atoms with van der Waals surface area (Å²) < 4.78 is 0. The van der Waals surface area contributed by atoms with Crippen molar-refractivity contribution in [2.75, 3.05) is 0 Å². The molecule has 0 N–H and O–H groups in total. The predicted molar refractivity (Wildman–Crippen MR) is 93.0 cm³/mol. The lowest BCUT2D eigenvalue weighted by Gasteiger charge is -2.14. The zero-order valence-electron chi connectivity index (χ0n) is 14.3. The van der Waals surface area contributed by atoms with Crippen LogP contribution < -0.4 is 0 Å². The Kier molecular flexibility index (Phi) is 5.78. The highest BCUT2D eigenvalue weighted by Gasteiger charge is 2.37. The van der Waals surface area contributed by atoms with E-state index < -0.39 is 0 Å². The number of hydrogen-bond donors (Lipinski definition) is 0. The molecule has 3 rings (SSSR count). The third-order valence-electron chi connectivity index (χ3n) is 5.02. The number of carbonyl (C=O) groups is 2. The van der Waals surface area contributed by atoms with Crippen LogP contribution in [0.2, 0.25) is 0 Å². The van der Waals surface area contributed by atoms with Crippen LogP contribution in [-0.4, -0.2) is 21.7 Å². The molecule has 0 fully saturated rings. The summed E-state index contributed by atoms with van der Waals surface area (Å²) in [4.78, 5) is 31.2. The van der Waals surface area contributed by atoms with Gasteiger partial charge in [-0.05, 0) is 37.8 Å². The van der Waals surface area contributed by atoms with Crippen molar-refractivity contribution in [3.05, 3.63) is 41.2 Å². The van der Waals surface area contributed by atoms with Crippen molar-refractivity contribution in [3.8, 4) is 0 Å². The first-order chi connectivity index (χ1) is 11.8. The smallest absolute Gasteiger partial charge is 0.257 e. The van der Waals surface area contributed by atoms with Gasteiger partial charge in [-0.2, -0.15) is 0 Å². The summed E-state index contributed by atoms with van der Waals surface area (Å²) in [6.45, 7) is 0.283. The second-order valence-electron chi connectivity index (χ2n) is 6.80. The molecule has 0 spiro atoms. The first-order valence-corrected chi connectivity index (χ1v) is 9.25. The maximum absolute atomic E-state index is 12.8. The molecule has 0 saturated heterocycles. The zero-order chi connectivity index (χ0) is 16.8. The third-order valence-corrected chi connectivity index (χ3v) is 5.02. The monoisotopic (exact) mass is 326 g/mol. The number of aromatic nitrogens is 1. The Balaban J connectivity index is 1.75. The molecule has 0 radical (unpaired) electrons. The number of pyridine rings is 1. The van der Waals surface area contributed by atoms with E-state index in [2.05, 4.69) is 4.98 Å². The number of nitrogens with zero attached hydrogens (tertiary/aromatic N) is 2. The summed E-state index contributed by atoms with van der Waals surface area (Å²) in [5.74, 6) is -0.171. The van der Waals surface area contributed by atoms with Crippen LogP contribution in [0.25, 0.3) is 0 Å². The van der Waals surface area contributed by atoms with E-state index in [0.717, 1.165) is 55.4 Å². The quantitative estimate of drug-likeness (QED) is 0.767. The number of imide groups is 1. The molecule has 0 atom stereocenters. The minimum absolute atomic E-state index is 0.0855. The standard InChI is InChI=1S/C20H26N2O2/c23-19-17-12-7-5-3-1-2-4-6-8-13-18(17)20(24)22(19)15-16-11-9-10-14-21-16/h9-11,14H,1-8,12-13,15H2. The molecule has 0 aromatic carbocycles. The van der Waals surface area contributed by atoms with Crippen molar-refractivity contribution in [2.45, 2.75) is 70.8 Å². The fourth-order valence-corrected chi connectivity index (χ4v) is 3.65. The van der Waals surface area contributed by atoms with E-state index in [9.17, 15) is 9.59 Å². The zero-order valence-corrected chi connectivity index (χ0v) is 14.3. The van der Waals surface area contributed by atoms with Gasteiger partial charge in [-0.1, -0.05) is 44.6 Å². The SMILES string of the molecule is O=C1C2=C(CCCCCCCCCC2)C(=O)N1Cc1ccccn1. The molecule has 0 bridgehead atoms. The summed E-state index contributed by atoms with van der Waals surface area (Å²) in [7, 11) is 0. The third kappa shape index (κ3) is 3.92. The Morgan fingerprint density at radius 3 is 1.83 bits per heavy atom. The minimum atomic E-state index is -0.0855. The van der Waals surface area contributed by atoms with Gasteiger partial charge < -0.3 is 0 Å². The van der Waals surface area contributed by atoms with Crippen LogP contribution in [-0.2, 0) is 16.1 Å². The van der Waals surface area contributed by atoms with Crippen LogP contribution in [0.4, 0.5) is 0 Å². The number of carbonyl (C=O) groups excluding carboxylic acids is 2. The molecule has 2 heterocycles. The molecule has 24 heavy (non-hydrogen) atoms. The van der Waals surface area contributed by atoms with Gasteiger partial charge >= 0.3 is 0 Å². The summed E-state index contributed by atoms with van der Waals surface area (Å²) in [5, 5.41) is 0. The lowest BCUT2D eigenvalue weighted by molar-refractivity contribution is -0.138. The predicted octanol–water partition coefficient (Wildman–Crippen LogP) is 4.16. The number of hydrogen-bond acceptors (Lipinski definition) is 3. The van der Waals surface area contributed by atoms with E-state index in [0.29, 0.717) is 0 Å². The van der Waals surface area contributed by atoms with Gasteiger partial charge in [0.1, 0.15) is 0 Å². The summed E-state index contributed by atoms with van der Waals surface area (Å²) in [6.07, 6.45) is 12.6. The van der Waals surface area contributed by atoms with Crippen LogP contribution >= 0.6 is 0 Å². The van der Waals surface area contributed by atoms with Crippen molar-refractivity contribution in [3.63, 3.8) is 0 Å². The van der Waals surface area contributed by atoms with E-state index in [4.69, 9.17) is 0 Å². The van der Waals surface area contributed by atoms with Gasteiger partial charge in [0.2, 0.25) is 0 Å². The summed E-state index contributed by atoms with van der Waals surface area (Å²) >= 11 is 0. The van der Waals surface area contributed by atoms with Crippen molar-refractivity contribution in [1.82, 2.24) is 9.88 Å². The van der Waals surface area contributed by atoms with Crippen LogP contribution in [0.5, 0.6) is 0 Å². The molecule has 4 nitrogen and oxygen atoms in total. The summed E-state index contributed by atoms with van der Waals surface area (Å²) in [6, 6.07) is 5.59. The van der Waals surface area contributed by atoms with Gasteiger partial charge in [-0.25, -0.2) is 0 Å². The van der Waals surface area contributed by atoms with Crippen LogP contribution in [0.3, 0.4) is 0 Å². The number of amides is 2. The van der Waals surface area contributed by atoms with Gasteiger partial charge in [-0.3, -0.25) is 19.5 Å².